The van der Waals surface area contributed by atoms with Crippen molar-refractivity contribution in [3.05, 3.63) is 21.9 Å². The number of hydrazine groups is 1. The van der Waals surface area contributed by atoms with E-state index in [1.54, 1.807) is 0 Å². The summed E-state index contributed by atoms with van der Waals surface area (Å²) in [4.78, 5) is 1.38. The highest BCUT2D eigenvalue weighted by atomic mass is 32.1. The molecular formula is C15H26N2S. The third kappa shape index (κ3) is 3.34. The van der Waals surface area contributed by atoms with Crippen LogP contribution in [0, 0.1) is 18.8 Å². The van der Waals surface area contributed by atoms with Gasteiger partial charge in [-0.3, -0.25) is 11.3 Å². The van der Waals surface area contributed by atoms with Gasteiger partial charge < -0.3 is 0 Å². The molecule has 3 heteroatoms. The Morgan fingerprint density at radius 1 is 1.39 bits per heavy atom. The summed E-state index contributed by atoms with van der Waals surface area (Å²) in [5, 5.41) is 2.26. The lowest BCUT2D eigenvalue weighted by Gasteiger charge is -2.33. The van der Waals surface area contributed by atoms with Crippen LogP contribution in [-0.2, 0) is 0 Å². The van der Waals surface area contributed by atoms with Crippen LogP contribution in [0.5, 0.6) is 0 Å². The van der Waals surface area contributed by atoms with E-state index in [0.29, 0.717) is 6.04 Å². The minimum absolute atomic E-state index is 0.359. The molecule has 18 heavy (non-hydrogen) atoms. The molecule has 0 spiro atoms. The van der Waals surface area contributed by atoms with Crippen LogP contribution in [0.15, 0.2) is 11.4 Å². The Hall–Kier alpha value is -0.380. The highest BCUT2D eigenvalue weighted by molar-refractivity contribution is 7.10. The third-order valence-electron chi connectivity index (χ3n) is 4.35. The van der Waals surface area contributed by atoms with Gasteiger partial charge in [0.1, 0.15) is 0 Å². The lowest BCUT2D eigenvalue weighted by atomic mass is 9.76. The summed E-state index contributed by atoms with van der Waals surface area (Å²) in [5.41, 5.74) is 4.44. The Balaban J connectivity index is 1.94. The van der Waals surface area contributed by atoms with Gasteiger partial charge in [-0.05, 0) is 48.6 Å². The van der Waals surface area contributed by atoms with Crippen molar-refractivity contribution in [1.29, 1.82) is 0 Å². The largest absolute Gasteiger partial charge is 0.271 e. The maximum Gasteiger partial charge on any atom is 0.0496 e. The highest BCUT2D eigenvalue weighted by Crippen LogP contribution is 2.38. The molecule has 1 aromatic heterocycles. The molecule has 1 aliphatic carbocycles. The number of nitrogens with two attached hydrogens (primary N) is 1. The van der Waals surface area contributed by atoms with Gasteiger partial charge in [0.2, 0.25) is 0 Å². The summed E-state index contributed by atoms with van der Waals surface area (Å²) in [5.74, 6) is 7.48. The van der Waals surface area contributed by atoms with E-state index < -0.39 is 0 Å². The number of rotatable bonds is 5. The first-order valence-corrected chi connectivity index (χ1v) is 8.13. The summed E-state index contributed by atoms with van der Waals surface area (Å²) in [6.45, 7) is 4.46. The van der Waals surface area contributed by atoms with Gasteiger partial charge in [-0.1, -0.05) is 32.6 Å². The molecule has 1 heterocycles. The number of nitrogens with one attached hydrogen (secondary N) is 1. The fraction of sp³-hybridized carbons (Fsp3) is 0.733. The average Bonchev–Trinajstić information content (AvgIpc) is 2.79. The van der Waals surface area contributed by atoms with Crippen molar-refractivity contribution < 1.29 is 0 Å². The third-order valence-corrected chi connectivity index (χ3v) is 5.23. The Morgan fingerprint density at radius 2 is 2.11 bits per heavy atom. The average molecular weight is 266 g/mol. The molecule has 102 valence electrons. The minimum atomic E-state index is 0.359. The van der Waals surface area contributed by atoms with E-state index >= 15 is 0 Å². The van der Waals surface area contributed by atoms with Gasteiger partial charge in [0.15, 0.2) is 0 Å². The van der Waals surface area contributed by atoms with Gasteiger partial charge in [0.05, 0.1) is 0 Å². The zero-order chi connectivity index (χ0) is 13.0. The summed E-state index contributed by atoms with van der Waals surface area (Å²) in [6.07, 6.45) is 8.17. The normalized spacial score (nSPS) is 26.2. The van der Waals surface area contributed by atoms with Crippen LogP contribution in [0.3, 0.4) is 0 Å². The molecule has 3 N–H and O–H groups in total. The van der Waals surface area contributed by atoms with Crippen LogP contribution in [-0.4, -0.2) is 0 Å². The molecule has 1 aromatic rings. The molecule has 1 saturated carbocycles. The van der Waals surface area contributed by atoms with E-state index in [1.165, 1.54) is 49.0 Å². The van der Waals surface area contributed by atoms with Crippen LogP contribution in [0.25, 0.3) is 0 Å². The van der Waals surface area contributed by atoms with Crippen LogP contribution in [0.4, 0.5) is 0 Å². The molecule has 0 radical (unpaired) electrons. The van der Waals surface area contributed by atoms with Crippen molar-refractivity contribution >= 4 is 11.3 Å². The van der Waals surface area contributed by atoms with E-state index in [9.17, 15) is 0 Å². The summed E-state index contributed by atoms with van der Waals surface area (Å²) < 4.78 is 0. The molecule has 2 nitrogen and oxygen atoms in total. The second kappa shape index (κ2) is 6.69. The van der Waals surface area contributed by atoms with Crippen LogP contribution in [0.2, 0.25) is 0 Å². The van der Waals surface area contributed by atoms with Gasteiger partial charge in [-0.2, -0.15) is 0 Å². The van der Waals surface area contributed by atoms with E-state index in [2.05, 4.69) is 30.7 Å². The first-order valence-electron chi connectivity index (χ1n) is 7.25. The van der Waals surface area contributed by atoms with Crippen molar-refractivity contribution in [2.24, 2.45) is 17.7 Å². The Bertz CT molecular complexity index is 353. The fourth-order valence-corrected chi connectivity index (χ4v) is 4.09. The Morgan fingerprint density at radius 3 is 2.61 bits per heavy atom. The highest BCUT2D eigenvalue weighted by Gasteiger charge is 2.28. The zero-order valence-electron chi connectivity index (χ0n) is 11.6. The number of hydrogen-bond donors (Lipinski definition) is 2. The summed E-state index contributed by atoms with van der Waals surface area (Å²) >= 11 is 1.83. The Labute approximate surface area is 115 Å². The van der Waals surface area contributed by atoms with Crippen molar-refractivity contribution in [3.8, 4) is 0 Å². The molecule has 1 unspecified atom stereocenters. The van der Waals surface area contributed by atoms with Gasteiger partial charge in [-0.15, -0.1) is 11.3 Å². The van der Waals surface area contributed by atoms with E-state index in [1.807, 2.05) is 11.3 Å². The number of thiophene rings is 1. The Kier molecular flexibility index (Phi) is 5.22. The molecule has 1 fully saturated rings. The maximum atomic E-state index is 5.79. The monoisotopic (exact) mass is 266 g/mol. The predicted octanol–water partition coefficient (Wildman–Crippen LogP) is 4.17. The zero-order valence-corrected chi connectivity index (χ0v) is 12.4. The van der Waals surface area contributed by atoms with E-state index in [4.69, 9.17) is 5.84 Å². The number of aryl methyl sites for hydroxylation is 1. The van der Waals surface area contributed by atoms with Gasteiger partial charge in [-0.25, -0.2) is 0 Å². The lowest BCUT2D eigenvalue weighted by molar-refractivity contribution is 0.215. The van der Waals surface area contributed by atoms with E-state index in [-0.39, 0.29) is 0 Å². The fourth-order valence-electron chi connectivity index (χ4n) is 3.35. The van der Waals surface area contributed by atoms with Crippen LogP contribution in [0.1, 0.15) is 61.9 Å². The van der Waals surface area contributed by atoms with Gasteiger partial charge in [0.25, 0.3) is 0 Å². The first kappa shape index (κ1) is 14.0. The topological polar surface area (TPSA) is 38.0 Å². The van der Waals surface area contributed by atoms with Crippen LogP contribution >= 0.6 is 11.3 Å². The second-order valence-corrected chi connectivity index (χ2v) is 6.82. The van der Waals surface area contributed by atoms with Crippen LogP contribution < -0.4 is 11.3 Å². The van der Waals surface area contributed by atoms with E-state index in [0.717, 1.165) is 11.8 Å². The molecule has 0 aromatic carbocycles. The van der Waals surface area contributed by atoms with Crippen molar-refractivity contribution in [2.45, 2.75) is 58.4 Å². The predicted molar refractivity (Wildman–Crippen MR) is 79.5 cm³/mol. The molecule has 1 aliphatic rings. The van der Waals surface area contributed by atoms with Crippen molar-refractivity contribution in [2.75, 3.05) is 0 Å². The first-order chi connectivity index (χ1) is 8.74. The molecular weight excluding hydrogens is 240 g/mol. The van der Waals surface area contributed by atoms with Crippen molar-refractivity contribution in [3.63, 3.8) is 0 Å². The maximum absolute atomic E-state index is 5.79. The quantitative estimate of drug-likeness (QED) is 0.620. The molecule has 0 saturated heterocycles. The SMILES string of the molecule is CCCC1CCC(C(NN)c2csc(C)c2)CC1. The molecule has 0 aliphatic heterocycles. The second-order valence-electron chi connectivity index (χ2n) is 5.70. The standard InChI is InChI=1S/C15H26N2S/c1-3-4-12-5-7-13(8-6-12)15(17-16)14-9-11(2)18-10-14/h9-10,12-13,15,17H,3-8,16H2,1-2H3. The van der Waals surface area contributed by atoms with Gasteiger partial charge in [0, 0.05) is 10.9 Å². The minimum Gasteiger partial charge on any atom is -0.271 e. The summed E-state index contributed by atoms with van der Waals surface area (Å²) in [7, 11) is 0. The lowest BCUT2D eigenvalue weighted by Crippen LogP contribution is -2.35. The van der Waals surface area contributed by atoms with Crippen molar-refractivity contribution in [1.82, 2.24) is 5.43 Å². The van der Waals surface area contributed by atoms with Gasteiger partial charge >= 0.3 is 0 Å². The molecule has 0 bridgehead atoms. The summed E-state index contributed by atoms with van der Waals surface area (Å²) in [6, 6.07) is 2.64. The number of hydrogen-bond acceptors (Lipinski definition) is 3. The smallest absolute Gasteiger partial charge is 0.0496 e. The molecule has 1 atom stereocenters. The molecule has 2 rings (SSSR count). The molecule has 0 amide bonds.